The molecule has 0 saturated heterocycles. The van der Waals surface area contributed by atoms with Gasteiger partial charge in [-0.1, -0.05) is 12.1 Å². The first-order chi connectivity index (χ1) is 6.26. The van der Waals surface area contributed by atoms with Crippen LogP contribution >= 0.6 is 0 Å². The van der Waals surface area contributed by atoms with Crippen molar-refractivity contribution in [1.29, 1.82) is 0 Å². The van der Waals surface area contributed by atoms with E-state index in [-0.39, 0.29) is 5.97 Å². The summed E-state index contributed by atoms with van der Waals surface area (Å²) < 4.78 is 9.52. The molecule has 1 rings (SSSR count). The Labute approximate surface area is 78.1 Å². The van der Waals surface area contributed by atoms with Crippen molar-refractivity contribution in [3.63, 3.8) is 0 Å². The van der Waals surface area contributed by atoms with Gasteiger partial charge in [0, 0.05) is 0 Å². The van der Waals surface area contributed by atoms with Gasteiger partial charge in [0.2, 0.25) is 0 Å². The Bertz CT molecular complexity index is 281. The van der Waals surface area contributed by atoms with E-state index < -0.39 is 0 Å². The smallest absolute Gasteiger partial charge is 0.325 e. The fourth-order valence-electron chi connectivity index (χ4n) is 0.982. The van der Waals surface area contributed by atoms with E-state index in [1.165, 1.54) is 8.05 Å². The number of benzene rings is 1. The van der Waals surface area contributed by atoms with Gasteiger partial charge in [0.05, 0.1) is 13.5 Å². The summed E-state index contributed by atoms with van der Waals surface area (Å²) in [4.78, 5) is 10.9. The summed E-state index contributed by atoms with van der Waals surface area (Å²) >= 11 is 0. The number of carbonyl (C=O) groups is 1. The molecule has 1 aromatic rings. The van der Waals surface area contributed by atoms with Crippen LogP contribution in [-0.2, 0) is 15.9 Å². The Morgan fingerprint density at radius 3 is 2.46 bits per heavy atom. The van der Waals surface area contributed by atoms with Crippen LogP contribution in [0.15, 0.2) is 24.3 Å². The van der Waals surface area contributed by atoms with Crippen LogP contribution in [0, 0.1) is 0 Å². The largest absolute Gasteiger partial charge is 0.543 e. The topological polar surface area (TPSA) is 35.5 Å². The summed E-state index contributed by atoms with van der Waals surface area (Å²) in [6, 6.07) is 7.32. The van der Waals surface area contributed by atoms with Crippen LogP contribution in [0.25, 0.3) is 0 Å². The number of rotatable bonds is 3. The first-order valence-electron chi connectivity index (χ1n) is 3.96. The van der Waals surface area contributed by atoms with E-state index in [2.05, 4.69) is 4.65 Å². The zero-order valence-corrected chi connectivity index (χ0v) is 7.74. The van der Waals surface area contributed by atoms with Crippen LogP contribution in [-0.4, -0.2) is 21.1 Å². The molecular formula is C9H11BO3. The quantitative estimate of drug-likeness (QED) is 0.625. The molecule has 0 N–H and O–H groups in total. The van der Waals surface area contributed by atoms with E-state index in [1.807, 2.05) is 24.3 Å². The lowest BCUT2D eigenvalue weighted by molar-refractivity contribution is -0.133. The molecule has 0 radical (unpaired) electrons. The molecule has 3 nitrogen and oxygen atoms in total. The second kappa shape index (κ2) is 4.55. The molecule has 0 spiro atoms. The van der Waals surface area contributed by atoms with Crippen molar-refractivity contribution in [2.75, 3.05) is 7.11 Å². The van der Waals surface area contributed by atoms with Gasteiger partial charge in [-0.3, -0.25) is 4.79 Å². The van der Waals surface area contributed by atoms with Gasteiger partial charge < -0.3 is 9.39 Å². The van der Waals surface area contributed by atoms with Gasteiger partial charge in [-0.25, -0.2) is 0 Å². The predicted molar refractivity (Wildman–Crippen MR) is 51.3 cm³/mol. The Kier molecular flexibility index (Phi) is 3.37. The maximum atomic E-state index is 10.9. The monoisotopic (exact) mass is 178 g/mol. The Morgan fingerprint density at radius 2 is 2.00 bits per heavy atom. The molecule has 0 aliphatic heterocycles. The van der Waals surface area contributed by atoms with E-state index in [0.717, 1.165) is 11.3 Å². The molecular weight excluding hydrogens is 167 g/mol. The van der Waals surface area contributed by atoms with Gasteiger partial charge in [-0.2, -0.15) is 0 Å². The highest BCUT2D eigenvalue weighted by molar-refractivity contribution is 6.05. The zero-order chi connectivity index (χ0) is 9.68. The highest BCUT2D eigenvalue weighted by Gasteiger charge is 2.01. The fourth-order valence-corrected chi connectivity index (χ4v) is 0.982. The van der Waals surface area contributed by atoms with Crippen LogP contribution in [0.5, 0.6) is 5.75 Å². The lowest BCUT2D eigenvalue weighted by Crippen LogP contribution is -2.05. The van der Waals surface area contributed by atoms with Crippen molar-refractivity contribution >= 4 is 14.0 Å². The summed E-state index contributed by atoms with van der Waals surface area (Å²) in [5, 5.41) is 0. The molecule has 1 aromatic carbocycles. The van der Waals surface area contributed by atoms with E-state index in [9.17, 15) is 4.79 Å². The minimum atomic E-state index is -0.231. The Balaban J connectivity index is 2.64. The minimum Gasteiger partial charge on any atom is -0.543 e. The standard InChI is InChI=1S/C9H11BO3/c1-12-8-4-2-7(3-5-8)6-9(11)13-10/h2-5H,6,10H2,1H3. The molecule has 0 amide bonds. The zero-order valence-electron chi connectivity index (χ0n) is 7.74. The SMILES string of the molecule is BOC(=O)Cc1ccc(OC)cc1. The molecule has 4 heteroatoms. The molecule has 0 saturated carbocycles. The van der Waals surface area contributed by atoms with E-state index in [1.54, 1.807) is 7.11 Å². The number of hydrogen-bond donors (Lipinski definition) is 0. The number of ether oxygens (including phenoxy) is 1. The highest BCUT2D eigenvalue weighted by atomic mass is 16.5. The molecule has 0 fully saturated rings. The first-order valence-corrected chi connectivity index (χ1v) is 3.96. The molecule has 13 heavy (non-hydrogen) atoms. The summed E-state index contributed by atoms with van der Waals surface area (Å²) in [6.07, 6.45) is 0.306. The number of hydrogen-bond acceptors (Lipinski definition) is 3. The van der Waals surface area contributed by atoms with Crippen molar-refractivity contribution in [3.05, 3.63) is 29.8 Å². The highest BCUT2D eigenvalue weighted by Crippen LogP contribution is 2.11. The van der Waals surface area contributed by atoms with Gasteiger partial charge >= 0.3 is 8.05 Å². The lowest BCUT2D eigenvalue weighted by atomic mass is 10.1. The van der Waals surface area contributed by atoms with Gasteiger partial charge in [-0.15, -0.1) is 0 Å². The van der Waals surface area contributed by atoms with Crippen LogP contribution in [0.1, 0.15) is 5.56 Å². The summed E-state index contributed by atoms with van der Waals surface area (Å²) in [5.74, 6) is 0.554. The maximum absolute atomic E-state index is 10.9. The van der Waals surface area contributed by atoms with E-state index in [0.29, 0.717) is 6.42 Å². The third-order valence-electron chi connectivity index (χ3n) is 1.74. The van der Waals surface area contributed by atoms with Crippen molar-refractivity contribution in [2.45, 2.75) is 6.42 Å². The van der Waals surface area contributed by atoms with Crippen LogP contribution in [0.4, 0.5) is 0 Å². The van der Waals surface area contributed by atoms with Crippen molar-refractivity contribution < 1.29 is 14.2 Å². The van der Waals surface area contributed by atoms with Gasteiger partial charge in [0.1, 0.15) is 5.75 Å². The van der Waals surface area contributed by atoms with Crippen LogP contribution < -0.4 is 4.74 Å². The Hall–Kier alpha value is -1.45. The second-order valence-electron chi connectivity index (χ2n) is 2.60. The molecule has 68 valence electrons. The molecule has 0 heterocycles. The first kappa shape index (κ1) is 9.64. The Morgan fingerprint density at radius 1 is 1.38 bits per heavy atom. The van der Waals surface area contributed by atoms with E-state index >= 15 is 0 Å². The molecule has 0 bridgehead atoms. The number of carbonyl (C=O) groups excluding carboxylic acids is 1. The maximum Gasteiger partial charge on any atom is 0.325 e. The molecule has 0 unspecified atom stereocenters. The third-order valence-corrected chi connectivity index (χ3v) is 1.74. The van der Waals surface area contributed by atoms with E-state index in [4.69, 9.17) is 4.74 Å². The average molecular weight is 178 g/mol. The molecule has 0 aromatic heterocycles. The average Bonchev–Trinajstić information content (AvgIpc) is 2.19. The molecule has 0 aliphatic rings. The minimum absolute atomic E-state index is 0.231. The lowest BCUT2D eigenvalue weighted by Gasteiger charge is -2.02. The molecule has 0 atom stereocenters. The molecule has 0 aliphatic carbocycles. The van der Waals surface area contributed by atoms with Crippen molar-refractivity contribution in [2.24, 2.45) is 0 Å². The summed E-state index contributed by atoms with van der Waals surface area (Å²) in [5.41, 5.74) is 0.924. The van der Waals surface area contributed by atoms with Crippen molar-refractivity contribution in [3.8, 4) is 5.75 Å². The van der Waals surface area contributed by atoms with Gasteiger partial charge in [0.25, 0.3) is 5.97 Å². The third kappa shape index (κ3) is 2.82. The number of methoxy groups -OCH3 is 1. The fraction of sp³-hybridized carbons (Fsp3) is 0.222. The van der Waals surface area contributed by atoms with Gasteiger partial charge in [-0.05, 0) is 17.7 Å². The van der Waals surface area contributed by atoms with Crippen molar-refractivity contribution in [1.82, 2.24) is 0 Å². The van der Waals surface area contributed by atoms with Gasteiger partial charge in [0.15, 0.2) is 0 Å². The van der Waals surface area contributed by atoms with Crippen LogP contribution in [0.2, 0.25) is 0 Å². The second-order valence-corrected chi connectivity index (χ2v) is 2.60. The summed E-state index contributed by atoms with van der Waals surface area (Å²) in [7, 11) is 2.99. The predicted octanol–water partition coefficient (Wildman–Crippen LogP) is 0.329. The normalized spacial score (nSPS) is 9.31. The van der Waals surface area contributed by atoms with Crippen LogP contribution in [0.3, 0.4) is 0 Å². The summed E-state index contributed by atoms with van der Waals surface area (Å²) in [6.45, 7) is 0.